The van der Waals surface area contributed by atoms with E-state index < -0.39 is 0 Å². The van der Waals surface area contributed by atoms with Crippen molar-refractivity contribution in [2.24, 2.45) is 5.41 Å². The first-order valence-corrected chi connectivity index (χ1v) is 6.43. The summed E-state index contributed by atoms with van der Waals surface area (Å²) < 4.78 is 1.18. The molecule has 88 valence electrons. The van der Waals surface area contributed by atoms with Gasteiger partial charge in [0.2, 0.25) is 0 Å². The number of halogens is 1. The van der Waals surface area contributed by atoms with Crippen LogP contribution < -0.4 is 10.2 Å². The van der Waals surface area contributed by atoms with Gasteiger partial charge in [-0.05, 0) is 46.0 Å². The molecule has 1 aliphatic rings. The fourth-order valence-electron chi connectivity index (χ4n) is 2.37. The monoisotopic (exact) mass is 282 g/mol. The van der Waals surface area contributed by atoms with Crippen LogP contribution in [0.3, 0.4) is 0 Å². The predicted molar refractivity (Wildman–Crippen MR) is 74.4 cm³/mol. The van der Waals surface area contributed by atoms with Gasteiger partial charge in [0.05, 0.1) is 11.4 Å². The average molecular weight is 283 g/mol. The van der Waals surface area contributed by atoms with Crippen LogP contribution in [0.4, 0.5) is 11.4 Å². The zero-order valence-electron chi connectivity index (χ0n) is 10.4. The summed E-state index contributed by atoms with van der Waals surface area (Å²) in [4.78, 5) is 2.33. The van der Waals surface area contributed by atoms with Crippen LogP contribution in [0.25, 0.3) is 0 Å². The van der Waals surface area contributed by atoms with Gasteiger partial charge < -0.3 is 10.2 Å². The molecule has 1 N–H and O–H groups in total. The van der Waals surface area contributed by atoms with E-state index >= 15 is 0 Å². The van der Waals surface area contributed by atoms with Crippen molar-refractivity contribution in [3.63, 3.8) is 0 Å². The molecule has 1 aromatic rings. The standard InChI is InChI=1S/C13H19BrN2/c1-9-5-10(14)12-11(6-9)15-7-13(2,3)8-16(12)4/h5-6,15H,7-8H2,1-4H3. The minimum Gasteiger partial charge on any atom is -0.383 e. The van der Waals surface area contributed by atoms with Gasteiger partial charge >= 0.3 is 0 Å². The third kappa shape index (κ3) is 2.19. The highest BCUT2D eigenvalue weighted by molar-refractivity contribution is 9.10. The molecule has 0 aliphatic carbocycles. The Bertz CT molecular complexity index is 413. The highest BCUT2D eigenvalue weighted by Gasteiger charge is 2.26. The van der Waals surface area contributed by atoms with Crippen molar-refractivity contribution in [2.45, 2.75) is 20.8 Å². The molecule has 0 spiro atoms. The lowest BCUT2D eigenvalue weighted by atomic mass is 9.93. The Hall–Kier alpha value is -0.700. The summed E-state index contributed by atoms with van der Waals surface area (Å²) in [6.07, 6.45) is 0. The summed E-state index contributed by atoms with van der Waals surface area (Å²) in [5.74, 6) is 0. The van der Waals surface area contributed by atoms with Gasteiger partial charge in [-0.15, -0.1) is 0 Å². The van der Waals surface area contributed by atoms with E-state index in [0.29, 0.717) is 5.41 Å². The molecule has 0 saturated heterocycles. The van der Waals surface area contributed by atoms with E-state index in [4.69, 9.17) is 0 Å². The maximum atomic E-state index is 3.66. The first kappa shape index (κ1) is 11.8. The molecule has 0 saturated carbocycles. The normalized spacial score (nSPS) is 18.7. The first-order valence-electron chi connectivity index (χ1n) is 5.64. The Balaban J connectivity index is 2.49. The molecule has 3 heteroatoms. The average Bonchev–Trinajstić information content (AvgIpc) is 2.22. The van der Waals surface area contributed by atoms with Crippen molar-refractivity contribution in [1.82, 2.24) is 0 Å². The van der Waals surface area contributed by atoms with Crippen LogP contribution >= 0.6 is 15.9 Å². The van der Waals surface area contributed by atoms with Crippen LogP contribution in [0.15, 0.2) is 16.6 Å². The molecule has 1 aliphatic heterocycles. The van der Waals surface area contributed by atoms with E-state index in [0.717, 1.165) is 13.1 Å². The van der Waals surface area contributed by atoms with Crippen molar-refractivity contribution >= 4 is 27.3 Å². The first-order chi connectivity index (χ1) is 7.39. The second kappa shape index (κ2) is 3.95. The van der Waals surface area contributed by atoms with Crippen LogP contribution in [0, 0.1) is 12.3 Å². The summed E-state index contributed by atoms with van der Waals surface area (Å²) in [7, 11) is 2.16. The Morgan fingerprint density at radius 2 is 2.06 bits per heavy atom. The Morgan fingerprint density at radius 3 is 2.75 bits per heavy atom. The largest absolute Gasteiger partial charge is 0.383 e. The van der Waals surface area contributed by atoms with Gasteiger partial charge in [-0.1, -0.05) is 13.8 Å². The number of nitrogens with zero attached hydrogens (tertiary/aromatic N) is 1. The van der Waals surface area contributed by atoms with Gasteiger partial charge in [0.15, 0.2) is 0 Å². The van der Waals surface area contributed by atoms with Crippen LogP contribution in [0.5, 0.6) is 0 Å². The van der Waals surface area contributed by atoms with Crippen molar-refractivity contribution in [3.8, 4) is 0 Å². The number of fused-ring (bicyclic) bond motifs is 1. The van der Waals surface area contributed by atoms with Gasteiger partial charge in [-0.3, -0.25) is 0 Å². The van der Waals surface area contributed by atoms with E-state index in [2.05, 4.69) is 66.1 Å². The summed E-state index contributed by atoms with van der Waals surface area (Å²) >= 11 is 3.66. The molecule has 2 rings (SSSR count). The van der Waals surface area contributed by atoms with E-state index in [-0.39, 0.29) is 0 Å². The van der Waals surface area contributed by atoms with E-state index in [1.165, 1.54) is 21.4 Å². The summed E-state index contributed by atoms with van der Waals surface area (Å²) in [5.41, 5.74) is 4.09. The molecule has 0 fully saturated rings. The molecule has 1 aromatic carbocycles. The second-order valence-electron chi connectivity index (χ2n) is 5.52. The van der Waals surface area contributed by atoms with Crippen LogP contribution in [0.2, 0.25) is 0 Å². The molecule has 0 amide bonds. The van der Waals surface area contributed by atoms with Crippen LogP contribution in [0.1, 0.15) is 19.4 Å². The van der Waals surface area contributed by atoms with E-state index in [1.54, 1.807) is 0 Å². The zero-order valence-corrected chi connectivity index (χ0v) is 12.0. The number of rotatable bonds is 0. The number of benzene rings is 1. The lowest BCUT2D eigenvalue weighted by Crippen LogP contribution is -2.33. The molecule has 1 heterocycles. The van der Waals surface area contributed by atoms with Crippen molar-refractivity contribution in [1.29, 1.82) is 0 Å². The quantitative estimate of drug-likeness (QED) is 0.782. The highest BCUT2D eigenvalue weighted by Crippen LogP contribution is 2.38. The molecule has 0 unspecified atom stereocenters. The topological polar surface area (TPSA) is 15.3 Å². The number of hydrogen-bond donors (Lipinski definition) is 1. The fraction of sp³-hybridized carbons (Fsp3) is 0.538. The van der Waals surface area contributed by atoms with Gasteiger partial charge in [0, 0.05) is 24.6 Å². The summed E-state index contributed by atoms with van der Waals surface area (Å²) in [6, 6.07) is 4.40. The fourth-order valence-corrected chi connectivity index (χ4v) is 3.25. The van der Waals surface area contributed by atoms with Gasteiger partial charge in [-0.25, -0.2) is 0 Å². The Kier molecular flexibility index (Phi) is 2.91. The summed E-state index contributed by atoms with van der Waals surface area (Å²) in [5, 5.41) is 3.56. The maximum absolute atomic E-state index is 3.66. The van der Waals surface area contributed by atoms with Gasteiger partial charge in [-0.2, -0.15) is 0 Å². The molecule has 0 bridgehead atoms. The minimum absolute atomic E-state index is 0.293. The lowest BCUT2D eigenvalue weighted by Gasteiger charge is -2.28. The molecular weight excluding hydrogens is 264 g/mol. The van der Waals surface area contributed by atoms with E-state index in [1.807, 2.05) is 0 Å². The highest BCUT2D eigenvalue weighted by atomic mass is 79.9. The maximum Gasteiger partial charge on any atom is 0.0744 e. The van der Waals surface area contributed by atoms with E-state index in [9.17, 15) is 0 Å². The van der Waals surface area contributed by atoms with Crippen LogP contribution in [-0.2, 0) is 0 Å². The van der Waals surface area contributed by atoms with Crippen molar-refractivity contribution in [3.05, 3.63) is 22.2 Å². The third-order valence-electron chi connectivity index (χ3n) is 3.01. The summed E-state index contributed by atoms with van der Waals surface area (Å²) in [6.45, 7) is 8.80. The smallest absolute Gasteiger partial charge is 0.0744 e. The molecule has 0 atom stereocenters. The molecule has 16 heavy (non-hydrogen) atoms. The van der Waals surface area contributed by atoms with Gasteiger partial charge in [0.25, 0.3) is 0 Å². The number of anilines is 2. The van der Waals surface area contributed by atoms with Crippen molar-refractivity contribution < 1.29 is 0 Å². The number of hydrogen-bond acceptors (Lipinski definition) is 2. The minimum atomic E-state index is 0.293. The number of aryl methyl sites for hydroxylation is 1. The predicted octanol–water partition coefficient (Wildman–Crippen LogP) is 3.65. The zero-order chi connectivity index (χ0) is 11.9. The second-order valence-corrected chi connectivity index (χ2v) is 6.37. The SMILES string of the molecule is Cc1cc(Br)c2c(c1)NCC(C)(C)CN2C. The Morgan fingerprint density at radius 1 is 1.38 bits per heavy atom. The Labute approximate surface area is 106 Å². The molecule has 2 nitrogen and oxygen atoms in total. The third-order valence-corrected chi connectivity index (χ3v) is 3.62. The lowest BCUT2D eigenvalue weighted by molar-refractivity contribution is 0.402. The van der Waals surface area contributed by atoms with Gasteiger partial charge in [0.1, 0.15) is 0 Å². The van der Waals surface area contributed by atoms with Crippen LogP contribution in [-0.4, -0.2) is 20.1 Å². The molecule has 0 radical (unpaired) electrons. The molecule has 0 aromatic heterocycles. The molecular formula is C13H19BrN2. The number of nitrogens with one attached hydrogen (secondary N) is 1. The van der Waals surface area contributed by atoms with Crippen molar-refractivity contribution in [2.75, 3.05) is 30.4 Å².